The van der Waals surface area contributed by atoms with E-state index in [0.29, 0.717) is 35.7 Å². The second-order valence-electron chi connectivity index (χ2n) is 9.17. The molecule has 2 aliphatic heterocycles. The molecule has 2 N–H and O–H groups in total. The lowest BCUT2D eigenvalue weighted by Gasteiger charge is -2.19. The molecule has 2 amide bonds. The van der Waals surface area contributed by atoms with Crippen molar-refractivity contribution >= 4 is 46.4 Å². The average molecular weight is 513 g/mol. The fourth-order valence-electron chi connectivity index (χ4n) is 5.03. The molecule has 0 atom stereocenters. The highest BCUT2D eigenvalue weighted by Gasteiger charge is 2.20. The number of amides is 2. The maximum absolute atomic E-state index is 11.7. The zero-order valence-electron chi connectivity index (χ0n) is 19.3. The molecule has 6 rings (SSSR count). The highest BCUT2D eigenvalue weighted by atomic mass is 35.5. The predicted octanol–water partition coefficient (Wildman–Crippen LogP) is 7.76. The Morgan fingerprint density at radius 2 is 0.944 bits per heavy atom. The first-order valence-electron chi connectivity index (χ1n) is 11.9. The minimum absolute atomic E-state index is 0.0495. The summed E-state index contributed by atoms with van der Waals surface area (Å²) in [6.07, 6.45) is 2.40. The Morgan fingerprint density at radius 1 is 0.528 bits per heavy atom. The van der Waals surface area contributed by atoms with E-state index >= 15 is 0 Å². The largest absolute Gasteiger partial charge is 0.326 e. The smallest absolute Gasteiger partial charge is 0.224 e. The monoisotopic (exact) mass is 512 g/mol. The number of halogens is 2. The predicted molar refractivity (Wildman–Crippen MR) is 147 cm³/mol. The van der Waals surface area contributed by atoms with Crippen molar-refractivity contribution < 1.29 is 9.59 Å². The van der Waals surface area contributed by atoms with Gasteiger partial charge in [0.2, 0.25) is 11.8 Å². The molecule has 6 heteroatoms. The van der Waals surface area contributed by atoms with Crippen LogP contribution in [0.3, 0.4) is 0 Å². The number of rotatable bonds is 3. The van der Waals surface area contributed by atoms with Gasteiger partial charge in [0.25, 0.3) is 0 Å². The van der Waals surface area contributed by atoms with E-state index in [2.05, 4.69) is 22.8 Å². The van der Waals surface area contributed by atoms with Crippen molar-refractivity contribution in [3.8, 4) is 33.4 Å². The van der Waals surface area contributed by atoms with Gasteiger partial charge in [-0.3, -0.25) is 9.59 Å². The number of fused-ring (bicyclic) bond motifs is 2. The molecule has 0 saturated heterocycles. The van der Waals surface area contributed by atoms with Crippen LogP contribution in [0.5, 0.6) is 0 Å². The molecule has 178 valence electrons. The number of carbonyl (C=O) groups excluding carboxylic acids is 2. The van der Waals surface area contributed by atoms with Crippen LogP contribution in [0.4, 0.5) is 11.4 Å². The van der Waals surface area contributed by atoms with Crippen LogP contribution in [-0.4, -0.2) is 11.8 Å². The summed E-state index contributed by atoms with van der Waals surface area (Å²) in [6.45, 7) is 0. The summed E-state index contributed by atoms with van der Waals surface area (Å²) in [5.41, 5.74) is 9.50. The Kier molecular flexibility index (Phi) is 5.79. The van der Waals surface area contributed by atoms with E-state index in [1.54, 1.807) is 0 Å². The molecule has 4 aromatic carbocycles. The molecule has 0 aliphatic carbocycles. The number of anilines is 2. The van der Waals surface area contributed by atoms with E-state index in [4.69, 9.17) is 23.2 Å². The zero-order chi connectivity index (χ0) is 24.8. The zero-order valence-corrected chi connectivity index (χ0v) is 20.8. The van der Waals surface area contributed by atoms with Gasteiger partial charge in [0.15, 0.2) is 0 Å². The van der Waals surface area contributed by atoms with E-state index in [0.717, 1.165) is 55.9 Å². The third-order valence-electron chi connectivity index (χ3n) is 6.91. The molecule has 0 spiro atoms. The van der Waals surface area contributed by atoms with Crippen molar-refractivity contribution in [3.05, 3.63) is 94.0 Å². The average Bonchev–Trinajstić information content (AvgIpc) is 2.89. The van der Waals surface area contributed by atoms with E-state index < -0.39 is 0 Å². The van der Waals surface area contributed by atoms with Gasteiger partial charge in [-0.05, 0) is 59.4 Å². The molecule has 0 aromatic heterocycles. The summed E-state index contributed by atoms with van der Waals surface area (Å²) in [4.78, 5) is 23.4. The van der Waals surface area contributed by atoms with Crippen molar-refractivity contribution in [3.63, 3.8) is 0 Å². The summed E-state index contributed by atoms with van der Waals surface area (Å²) in [5, 5.41) is 7.12. The fourth-order valence-corrected chi connectivity index (χ4v) is 5.70. The molecule has 36 heavy (non-hydrogen) atoms. The number of aryl methyl sites for hydroxylation is 2. The SMILES string of the molecule is O=C1CCc2cc(-c3cccc(-c4cccc(-c5ccc6c(c5)CCC(=O)N6)c4Cl)c3Cl)ccc2N1. The standard InChI is InChI=1S/C30H22Cl2N2O2/c31-29-21(17-7-11-25-19(15-17)9-13-27(35)33-25)3-1-5-23(29)24-6-2-4-22(30(24)32)18-8-12-26-20(16-18)10-14-28(36)34-26/h1-8,11-12,15-16H,9-10,13-14H2,(H,33,35)(H,34,36). The summed E-state index contributed by atoms with van der Waals surface area (Å²) in [7, 11) is 0. The molecule has 2 aliphatic rings. The first-order valence-corrected chi connectivity index (χ1v) is 12.7. The van der Waals surface area contributed by atoms with Gasteiger partial charge < -0.3 is 10.6 Å². The minimum Gasteiger partial charge on any atom is -0.326 e. The normalized spacial score (nSPS) is 14.5. The van der Waals surface area contributed by atoms with Gasteiger partial charge in [0.05, 0.1) is 10.0 Å². The maximum atomic E-state index is 11.7. The van der Waals surface area contributed by atoms with Crippen molar-refractivity contribution in [2.24, 2.45) is 0 Å². The van der Waals surface area contributed by atoms with Crippen LogP contribution in [0.2, 0.25) is 10.0 Å². The minimum atomic E-state index is 0.0495. The first-order chi connectivity index (χ1) is 17.5. The van der Waals surface area contributed by atoms with Gasteiger partial charge in [-0.1, -0.05) is 71.7 Å². The van der Waals surface area contributed by atoms with Crippen LogP contribution in [0, 0.1) is 0 Å². The lowest BCUT2D eigenvalue weighted by Crippen LogP contribution is -2.18. The number of nitrogens with one attached hydrogen (secondary N) is 2. The summed E-state index contributed by atoms with van der Waals surface area (Å²) in [5.74, 6) is 0.0990. The molecular formula is C30H22Cl2N2O2. The van der Waals surface area contributed by atoms with E-state index in [1.807, 2.05) is 60.7 Å². The number of benzene rings is 4. The van der Waals surface area contributed by atoms with Crippen LogP contribution in [0.15, 0.2) is 72.8 Å². The Balaban J connectivity index is 1.40. The Bertz CT molecular complexity index is 1440. The second kappa shape index (κ2) is 9.12. The Labute approximate surface area is 219 Å². The second-order valence-corrected chi connectivity index (χ2v) is 9.93. The third kappa shape index (κ3) is 4.06. The van der Waals surface area contributed by atoms with E-state index in [-0.39, 0.29) is 11.8 Å². The summed E-state index contributed by atoms with van der Waals surface area (Å²) >= 11 is 14.0. The van der Waals surface area contributed by atoms with Crippen molar-refractivity contribution in [2.75, 3.05) is 10.6 Å². The van der Waals surface area contributed by atoms with E-state index in [1.165, 1.54) is 0 Å². The number of hydrogen-bond donors (Lipinski definition) is 2. The van der Waals surface area contributed by atoms with Gasteiger partial charge in [-0.2, -0.15) is 0 Å². The molecule has 0 fully saturated rings. The van der Waals surface area contributed by atoms with Crippen LogP contribution in [0.1, 0.15) is 24.0 Å². The lowest BCUT2D eigenvalue weighted by molar-refractivity contribution is -0.117. The highest BCUT2D eigenvalue weighted by Crippen LogP contribution is 2.43. The van der Waals surface area contributed by atoms with Gasteiger partial charge in [0.1, 0.15) is 0 Å². The molecule has 0 bridgehead atoms. The fraction of sp³-hybridized carbons (Fsp3) is 0.133. The van der Waals surface area contributed by atoms with Crippen LogP contribution < -0.4 is 10.6 Å². The third-order valence-corrected chi connectivity index (χ3v) is 7.73. The van der Waals surface area contributed by atoms with Crippen molar-refractivity contribution in [1.82, 2.24) is 0 Å². The van der Waals surface area contributed by atoms with Crippen LogP contribution >= 0.6 is 23.2 Å². The highest BCUT2D eigenvalue weighted by molar-refractivity contribution is 6.39. The number of hydrogen-bond acceptors (Lipinski definition) is 2. The molecular weight excluding hydrogens is 491 g/mol. The Morgan fingerprint density at radius 3 is 1.39 bits per heavy atom. The molecule has 0 unspecified atom stereocenters. The van der Waals surface area contributed by atoms with Crippen LogP contribution in [-0.2, 0) is 22.4 Å². The lowest BCUT2D eigenvalue weighted by atomic mass is 9.92. The van der Waals surface area contributed by atoms with Gasteiger partial charge in [-0.15, -0.1) is 0 Å². The van der Waals surface area contributed by atoms with Crippen molar-refractivity contribution in [1.29, 1.82) is 0 Å². The molecule has 4 aromatic rings. The van der Waals surface area contributed by atoms with Crippen molar-refractivity contribution in [2.45, 2.75) is 25.7 Å². The quantitative estimate of drug-likeness (QED) is 0.294. The molecule has 2 heterocycles. The molecule has 4 nitrogen and oxygen atoms in total. The summed E-state index contributed by atoms with van der Waals surface area (Å²) in [6, 6.07) is 24.0. The van der Waals surface area contributed by atoms with Crippen LogP contribution in [0.25, 0.3) is 33.4 Å². The van der Waals surface area contributed by atoms with Gasteiger partial charge in [-0.25, -0.2) is 0 Å². The first kappa shape index (κ1) is 22.8. The van der Waals surface area contributed by atoms with Gasteiger partial charge >= 0.3 is 0 Å². The Hall–Kier alpha value is -3.60. The van der Waals surface area contributed by atoms with E-state index in [9.17, 15) is 9.59 Å². The summed E-state index contributed by atoms with van der Waals surface area (Å²) < 4.78 is 0. The number of carbonyl (C=O) groups is 2. The molecule has 0 radical (unpaired) electrons. The topological polar surface area (TPSA) is 58.2 Å². The molecule has 0 saturated carbocycles. The maximum Gasteiger partial charge on any atom is 0.224 e. The van der Waals surface area contributed by atoms with Gasteiger partial charge in [0, 0.05) is 46.5 Å².